The van der Waals surface area contributed by atoms with Gasteiger partial charge in [0.25, 0.3) is 11.8 Å². The fraction of sp³-hybridized carbons (Fsp3) is 0.115. The highest BCUT2D eigenvalue weighted by Gasteiger charge is 2.37. The average Bonchev–Trinajstić information content (AvgIpc) is 2.80. The van der Waals surface area contributed by atoms with Gasteiger partial charge in [0, 0.05) is 10.0 Å². The number of nitrogens with one attached hydrogen (secondary N) is 1. The van der Waals surface area contributed by atoms with Crippen LogP contribution in [0.4, 0.5) is 10.5 Å². The highest BCUT2D eigenvalue weighted by molar-refractivity contribution is 9.10. The zero-order valence-corrected chi connectivity index (χ0v) is 21.9. The molecule has 0 atom stereocenters. The van der Waals surface area contributed by atoms with Gasteiger partial charge in [-0.25, -0.2) is 9.69 Å². The van der Waals surface area contributed by atoms with E-state index in [2.05, 4.69) is 21.2 Å². The molecule has 0 bridgehead atoms. The van der Waals surface area contributed by atoms with Crippen LogP contribution in [0.3, 0.4) is 0 Å². The van der Waals surface area contributed by atoms with Gasteiger partial charge in [0.2, 0.25) is 0 Å². The Morgan fingerprint density at radius 2 is 1.58 bits per heavy atom. The van der Waals surface area contributed by atoms with Crippen LogP contribution in [0.1, 0.15) is 22.3 Å². The summed E-state index contributed by atoms with van der Waals surface area (Å²) in [5.41, 5.74) is 2.80. The molecule has 1 aliphatic rings. The third kappa shape index (κ3) is 5.09. The first-order chi connectivity index (χ1) is 17.0. The third-order valence-corrected chi connectivity index (χ3v) is 7.37. The minimum absolute atomic E-state index is 0.0485. The number of imide groups is 2. The number of hydrogen-bond acceptors (Lipinski definition) is 6. The number of carbonyl (C=O) groups is 3. The zero-order valence-electron chi connectivity index (χ0n) is 19.5. The van der Waals surface area contributed by atoms with Crippen molar-refractivity contribution in [3.63, 3.8) is 0 Å². The van der Waals surface area contributed by atoms with E-state index in [1.807, 2.05) is 20.8 Å². The molecule has 8 nitrogen and oxygen atoms in total. The molecule has 0 unspecified atom stereocenters. The highest BCUT2D eigenvalue weighted by Crippen LogP contribution is 2.30. The largest absolute Gasteiger partial charge is 0.378 e. The van der Waals surface area contributed by atoms with Gasteiger partial charge in [-0.15, -0.1) is 0 Å². The molecule has 1 fully saturated rings. The first kappa shape index (κ1) is 25.3. The number of anilines is 1. The minimum Gasteiger partial charge on any atom is -0.378 e. The molecule has 3 aromatic rings. The number of amides is 4. The Labute approximate surface area is 216 Å². The first-order valence-corrected chi connectivity index (χ1v) is 13.0. The Bertz CT molecular complexity index is 1550. The van der Waals surface area contributed by atoms with Crippen LogP contribution in [0, 0.1) is 20.8 Å². The highest BCUT2D eigenvalue weighted by atomic mass is 79.9. The number of benzene rings is 3. The standard InChI is InChI=1S/C26H21BrN2O6S/c1-15-4-9-21(10-5-15)36(33,34)35-23-11-7-19(27)13-18(23)14-22-24(30)28-26(32)29(25(22)31)20-8-6-16(2)17(3)12-20/h4-14H,1-3H3,(H,28,30,32)/b22-14+. The van der Waals surface area contributed by atoms with Crippen molar-refractivity contribution in [2.75, 3.05) is 4.90 Å². The maximum Gasteiger partial charge on any atom is 0.339 e. The summed E-state index contributed by atoms with van der Waals surface area (Å²) in [7, 11) is -4.20. The molecule has 4 rings (SSSR count). The molecule has 3 aromatic carbocycles. The van der Waals surface area contributed by atoms with Gasteiger partial charge in [0.15, 0.2) is 0 Å². The molecule has 36 heavy (non-hydrogen) atoms. The molecular weight excluding hydrogens is 548 g/mol. The maximum atomic E-state index is 13.3. The molecule has 1 aliphatic heterocycles. The van der Waals surface area contributed by atoms with Crippen molar-refractivity contribution >= 4 is 55.7 Å². The lowest BCUT2D eigenvalue weighted by Gasteiger charge is -2.27. The van der Waals surface area contributed by atoms with E-state index < -0.39 is 28.0 Å². The smallest absolute Gasteiger partial charge is 0.339 e. The van der Waals surface area contributed by atoms with Gasteiger partial charge in [-0.2, -0.15) is 8.42 Å². The van der Waals surface area contributed by atoms with Crippen molar-refractivity contribution in [1.29, 1.82) is 0 Å². The van der Waals surface area contributed by atoms with Gasteiger partial charge in [-0.1, -0.05) is 39.7 Å². The van der Waals surface area contributed by atoms with Crippen molar-refractivity contribution in [1.82, 2.24) is 5.32 Å². The van der Waals surface area contributed by atoms with Crippen LogP contribution in [0.2, 0.25) is 0 Å². The van der Waals surface area contributed by atoms with Gasteiger partial charge in [0.05, 0.1) is 5.69 Å². The normalized spacial score (nSPS) is 15.3. The molecule has 0 saturated carbocycles. The van der Waals surface area contributed by atoms with E-state index in [9.17, 15) is 22.8 Å². The Hall–Kier alpha value is -3.76. The monoisotopic (exact) mass is 568 g/mol. The molecule has 184 valence electrons. The Morgan fingerprint density at radius 1 is 0.889 bits per heavy atom. The molecule has 4 amide bonds. The summed E-state index contributed by atoms with van der Waals surface area (Å²) in [5.74, 6) is -1.85. The number of urea groups is 1. The fourth-order valence-corrected chi connectivity index (χ4v) is 4.82. The third-order valence-electron chi connectivity index (χ3n) is 5.63. The van der Waals surface area contributed by atoms with Gasteiger partial charge >= 0.3 is 16.1 Å². The molecule has 10 heteroatoms. The van der Waals surface area contributed by atoms with Crippen molar-refractivity contribution in [2.45, 2.75) is 25.7 Å². The predicted molar refractivity (Wildman–Crippen MR) is 138 cm³/mol. The average molecular weight is 569 g/mol. The van der Waals surface area contributed by atoms with Crippen LogP contribution in [0.25, 0.3) is 6.08 Å². The summed E-state index contributed by atoms with van der Waals surface area (Å²) in [6.07, 6.45) is 1.20. The number of aryl methyl sites for hydroxylation is 3. The van der Waals surface area contributed by atoms with Crippen LogP contribution in [-0.4, -0.2) is 26.3 Å². The SMILES string of the molecule is Cc1ccc(S(=O)(=O)Oc2ccc(Br)cc2/C=C2\C(=O)NC(=O)N(c3ccc(C)c(C)c3)C2=O)cc1. The molecule has 0 aromatic heterocycles. The molecule has 0 aliphatic carbocycles. The van der Waals surface area contributed by atoms with Crippen molar-refractivity contribution in [2.24, 2.45) is 0 Å². The number of barbiturate groups is 1. The van der Waals surface area contributed by atoms with Crippen LogP contribution >= 0.6 is 15.9 Å². The number of nitrogens with zero attached hydrogens (tertiary/aromatic N) is 1. The fourth-order valence-electron chi connectivity index (χ4n) is 3.49. The Kier molecular flexibility index (Phi) is 6.83. The van der Waals surface area contributed by atoms with E-state index in [1.54, 1.807) is 36.4 Å². The summed E-state index contributed by atoms with van der Waals surface area (Å²) in [4.78, 5) is 39.3. The summed E-state index contributed by atoms with van der Waals surface area (Å²) < 4.78 is 31.6. The molecule has 0 spiro atoms. The maximum absolute atomic E-state index is 13.3. The van der Waals surface area contributed by atoms with Gasteiger partial charge in [-0.05, 0) is 80.4 Å². The van der Waals surface area contributed by atoms with Gasteiger partial charge in [0.1, 0.15) is 16.2 Å². The molecule has 0 radical (unpaired) electrons. The number of carbonyl (C=O) groups excluding carboxylic acids is 3. The van der Waals surface area contributed by atoms with Crippen LogP contribution in [0.15, 0.2) is 75.6 Å². The topological polar surface area (TPSA) is 110 Å². The van der Waals surface area contributed by atoms with E-state index >= 15 is 0 Å². The van der Waals surface area contributed by atoms with E-state index in [0.717, 1.165) is 21.6 Å². The molecule has 1 saturated heterocycles. The summed E-state index contributed by atoms with van der Waals surface area (Å²) in [6, 6.07) is 14.8. The second-order valence-corrected chi connectivity index (χ2v) is 10.7. The van der Waals surface area contributed by atoms with Gasteiger partial charge < -0.3 is 4.18 Å². The molecular formula is C26H21BrN2O6S. The molecule has 1 N–H and O–H groups in total. The lowest BCUT2D eigenvalue weighted by atomic mass is 10.0. The number of hydrogen-bond donors (Lipinski definition) is 1. The molecule has 1 heterocycles. The Morgan fingerprint density at radius 3 is 2.25 bits per heavy atom. The minimum atomic E-state index is -4.20. The van der Waals surface area contributed by atoms with E-state index in [0.29, 0.717) is 10.2 Å². The van der Waals surface area contributed by atoms with Crippen LogP contribution in [-0.2, 0) is 19.7 Å². The van der Waals surface area contributed by atoms with E-state index in [-0.39, 0.29) is 21.8 Å². The van der Waals surface area contributed by atoms with Crippen LogP contribution in [0.5, 0.6) is 5.75 Å². The van der Waals surface area contributed by atoms with Crippen molar-refractivity contribution in [3.8, 4) is 5.75 Å². The summed E-state index contributed by atoms with van der Waals surface area (Å²) >= 11 is 3.31. The Balaban J connectivity index is 1.75. The lowest BCUT2D eigenvalue weighted by molar-refractivity contribution is -0.122. The van der Waals surface area contributed by atoms with Crippen LogP contribution < -0.4 is 14.4 Å². The van der Waals surface area contributed by atoms with E-state index in [1.165, 1.54) is 30.3 Å². The summed E-state index contributed by atoms with van der Waals surface area (Å²) in [6.45, 7) is 5.56. The number of rotatable bonds is 5. The number of halogens is 1. The first-order valence-electron chi connectivity index (χ1n) is 10.8. The second kappa shape index (κ2) is 9.71. The van der Waals surface area contributed by atoms with Gasteiger partial charge in [-0.3, -0.25) is 14.9 Å². The summed E-state index contributed by atoms with van der Waals surface area (Å²) in [5, 5.41) is 2.16. The zero-order chi connectivity index (χ0) is 26.2. The quantitative estimate of drug-likeness (QED) is 0.269. The van der Waals surface area contributed by atoms with Crippen molar-refractivity contribution in [3.05, 3.63) is 93.0 Å². The van der Waals surface area contributed by atoms with Crippen molar-refractivity contribution < 1.29 is 27.0 Å². The second-order valence-electron chi connectivity index (χ2n) is 8.26. The van der Waals surface area contributed by atoms with E-state index in [4.69, 9.17) is 4.18 Å². The predicted octanol–water partition coefficient (Wildman–Crippen LogP) is 4.81. The lowest BCUT2D eigenvalue weighted by Crippen LogP contribution is -2.54.